The largest absolute Gasteiger partial charge is 0.396 e. The van der Waals surface area contributed by atoms with Crippen LogP contribution >= 0.6 is 0 Å². The molecule has 1 unspecified atom stereocenters. The molecule has 0 radical (unpaired) electrons. The number of nitrogens with zero attached hydrogens (tertiary/aromatic N) is 2. The molecule has 0 bridgehead atoms. The van der Waals surface area contributed by atoms with Crippen LogP contribution in [-0.4, -0.2) is 33.7 Å². The number of hydrogen-bond acceptors (Lipinski definition) is 3. The Bertz CT molecular complexity index is 389. The number of hydrogen-bond donors (Lipinski definition) is 2. The smallest absolute Gasteiger partial charge is 0.223 e. The van der Waals surface area contributed by atoms with Crippen molar-refractivity contribution in [2.24, 2.45) is 5.92 Å². The topological polar surface area (TPSA) is 67.2 Å². The van der Waals surface area contributed by atoms with Crippen molar-refractivity contribution in [3.63, 3.8) is 0 Å². The van der Waals surface area contributed by atoms with Gasteiger partial charge in [-0.3, -0.25) is 4.79 Å². The lowest BCUT2D eigenvalue weighted by molar-refractivity contribution is -0.125. The number of imidazole rings is 1. The van der Waals surface area contributed by atoms with Crippen LogP contribution in [-0.2, 0) is 17.8 Å². The predicted molar refractivity (Wildman–Crippen MR) is 68.0 cm³/mol. The van der Waals surface area contributed by atoms with Gasteiger partial charge in [-0.1, -0.05) is 0 Å². The molecule has 5 nitrogen and oxygen atoms in total. The molecule has 1 amide bonds. The molecule has 0 aromatic carbocycles. The van der Waals surface area contributed by atoms with E-state index in [-0.39, 0.29) is 18.4 Å². The fourth-order valence-electron chi connectivity index (χ4n) is 2.34. The maximum atomic E-state index is 12.0. The SMILES string of the molecule is O=C(NCCCCCO)C1CCn2ccnc2C1. The van der Waals surface area contributed by atoms with Crippen LogP contribution in [0.5, 0.6) is 0 Å². The van der Waals surface area contributed by atoms with Gasteiger partial charge in [-0.15, -0.1) is 0 Å². The van der Waals surface area contributed by atoms with Gasteiger partial charge in [0.05, 0.1) is 0 Å². The molecule has 0 saturated carbocycles. The third-order valence-electron chi connectivity index (χ3n) is 3.45. The first kappa shape index (κ1) is 13.1. The lowest BCUT2D eigenvalue weighted by Crippen LogP contribution is -2.35. The molecule has 5 heteroatoms. The van der Waals surface area contributed by atoms with Crippen molar-refractivity contribution < 1.29 is 9.90 Å². The number of aromatic nitrogens is 2. The second-order valence-electron chi connectivity index (χ2n) is 4.80. The molecular formula is C13H21N3O2. The Morgan fingerprint density at radius 3 is 3.22 bits per heavy atom. The second kappa shape index (κ2) is 6.54. The minimum absolute atomic E-state index is 0.0674. The average Bonchev–Trinajstić information content (AvgIpc) is 2.85. The minimum atomic E-state index is 0.0674. The van der Waals surface area contributed by atoms with Crippen molar-refractivity contribution in [2.45, 2.75) is 38.6 Å². The maximum Gasteiger partial charge on any atom is 0.223 e. The second-order valence-corrected chi connectivity index (χ2v) is 4.80. The van der Waals surface area contributed by atoms with Crippen molar-refractivity contribution in [3.05, 3.63) is 18.2 Å². The van der Waals surface area contributed by atoms with Gasteiger partial charge in [0.15, 0.2) is 0 Å². The zero-order valence-corrected chi connectivity index (χ0v) is 10.6. The van der Waals surface area contributed by atoms with Crippen molar-refractivity contribution in [3.8, 4) is 0 Å². The van der Waals surface area contributed by atoms with E-state index in [0.717, 1.165) is 44.5 Å². The summed E-state index contributed by atoms with van der Waals surface area (Å²) in [5, 5.41) is 11.6. The van der Waals surface area contributed by atoms with Crippen LogP contribution < -0.4 is 5.32 Å². The number of fused-ring (bicyclic) bond motifs is 1. The highest BCUT2D eigenvalue weighted by atomic mass is 16.2. The first-order valence-corrected chi connectivity index (χ1v) is 6.70. The van der Waals surface area contributed by atoms with E-state index in [1.807, 2.05) is 6.20 Å². The van der Waals surface area contributed by atoms with Gasteiger partial charge >= 0.3 is 0 Å². The van der Waals surface area contributed by atoms with Crippen LogP contribution in [0.4, 0.5) is 0 Å². The number of aliphatic hydroxyl groups excluding tert-OH is 1. The molecule has 0 aliphatic carbocycles. The fraction of sp³-hybridized carbons (Fsp3) is 0.692. The summed E-state index contributed by atoms with van der Waals surface area (Å²) in [6.45, 7) is 1.83. The third-order valence-corrected chi connectivity index (χ3v) is 3.45. The van der Waals surface area contributed by atoms with Crippen molar-refractivity contribution in [2.75, 3.05) is 13.2 Å². The van der Waals surface area contributed by atoms with Gasteiger partial charge in [0.25, 0.3) is 0 Å². The molecule has 1 aliphatic rings. The van der Waals surface area contributed by atoms with Crippen LogP contribution in [0.3, 0.4) is 0 Å². The Morgan fingerprint density at radius 1 is 1.50 bits per heavy atom. The Balaban J connectivity index is 1.71. The van der Waals surface area contributed by atoms with E-state index in [0.29, 0.717) is 6.54 Å². The summed E-state index contributed by atoms with van der Waals surface area (Å²) < 4.78 is 2.12. The molecular weight excluding hydrogens is 230 g/mol. The zero-order valence-electron chi connectivity index (χ0n) is 10.6. The Kier molecular flexibility index (Phi) is 4.75. The van der Waals surface area contributed by atoms with Crippen LogP contribution in [0.1, 0.15) is 31.5 Å². The van der Waals surface area contributed by atoms with E-state index in [1.54, 1.807) is 6.20 Å². The number of carbonyl (C=O) groups is 1. The quantitative estimate of drug-likeness (QED) is 0.732. The molecule has 0 saturated heterocycles. The number of aryl methyl sites for hydroxylation is 1. The van der Waals surface area contributed by atoms with E-state index >= 15 is 0 Å². The molecule has 18 heavy (non-hydrogen) atoms. The number of rotatable bonds is 6. The summed E-state index contributed by atoms with van der Waals surface area (Å²) in [7, 11) is 0. The van der Waals surface area contributed by atoms with Crippen molar-refractivity contribution in [1.82, 2.24) is 14.9 Å². The molecule has 100 valence electrons. The van der Waals surface area contributed by atoms with E-state index in [1.165, 1.54) is 0 Å². The van der Waals surface area contributed by atoms with E-state index in [9.17, 15) is 4.79 Å². The number of amides is 1. The Hall–Kier alpha value is -1.36. The maximum absolute atomic E-state index is 12.0. The molecule has 0 fully saturated rings. The summed E-state index contributed by atoms with van der Waals surface area (Å²) in [4.78, 5) is 16.2. The summed E-state index contributed by atoms with van der Waals surface area (Å²) in [5.74, 6) is 1.23. The predicted octanol–water partition coefficient (Wildman–Crippen LogP) is 0.724. The standard InChI is InChI=1S/C13H21N3O2/c17-9-3-1-2-5-15-13(18)11-4-7-16-8-6-14-12(16)10-11/h6,8,11,17H,1-5,7,9-10H2,(H,15,18). The third kappa shape index (κ3) is 3.32. The highest BCUT2D eigenvalue weighted by Gasteiger charge is 2.24. The molecule has 2 heterocycles. The average molecular weight is 251 g/mol. The van der Waals surface area contributed by atoms with Gasteiger partial charge in [-0.05, 0) is 25.7 Å². The monoisotopic (exact) mass is 251 g/mol. The summed E-state index contributed by atoms with van der Waals surface area (Å²) in [6, 6.07) is 0. The minimum Gasteiger partial charge on any atom is -0.396 e. The number of aliphatic hydroxyl groups is 1. The number of unbranched alkanes of at least 4 members (excludes halogenated alkanes) is 2. The van der Waals surface area contributed by atoms with Gasteiger partial charge in [0.1, 0.15) is 5.82 Å². The molecule has 1 aliphatic heterocycles. The number of carbonyl (C=O) groups excluding carboxylic acids is 1. The molecule has 1 aromatic heterocycles. The molecule has 2 rings (SSSR count). The van der Waals surface area contributed by atoms with Crippen LogP contribution in [0.15, 0.2) is 12.4 Å². The fourth-order valence-corrected chi connectivity index (χ4v) is 2.34. The Labute approximate surface area is 107 Å². The van der Waals surface area contributed by atoms with Gasteiger partial charge in [-0.2, -0.15) is 0 Å². The van der Waals surface area contributed by atoms with Crippen molar-refractivity contribution in [1.29, 1.82) is 0 Å². The van der Waals surface area contributed by atoms with Crippen LogP contribution in [0.25, 0.3) is 0 Å². The lowest BCUT2D eigenvalue weighted by Gasteiger charge is -2.22. The van der Waals surface area contributed by atoms with Gasteiger partial charge in [0.2, 0.25) is 5.91 Å². The molecule has 1 atom stereocenters. The summed E-state index contributed by atoms with van der Waals surface area (Å²) in [5.41, 5.74) is 0. The van der Waals surface area contributed by atoms with Gasteiger partial charge in [-0.25, -0.2) is 4.98 Å². The zero-order chi connectivity index (χ0) is 12.8. The number of nitrogens with one attached hydrogen (secondary N) is 1. The first-order chi connectivity index (χ1) is 8.81. The molecule has 1 aromatic rings. The van der Waals surface area contributed by atoms with Gasteiger partial charge < -0.3 is 15.0 Å². The highest BCUT2D eigenvalue weighted by Crippen LogP contribution is 2.19. The molecule has 2 N–H and O–H groups in total. The first-order valence-electron chi connectivity index (χ1n) is 6.70. The van der Waals surface area contributed by atoms with Gasteiger partial charge in [0, 0.05) is 44.4 Å². The highest BCUT2D eigenvalue weighted by molar-refractivity contribution is 5.78. The van der Waals surface area contributed by atoms with Crippen LogP contribution in [0.2, 0.25) is 0 Å². The summed E-state index contributed by atoms with van der Waals surface area (Å²) in [6.07, 6.45) is 8.13. The Morgan fingerprint density at radius 2 is 2.39 bits per heavy atom. The normalized spacial score (nSPS) is 18.4. The summed E-state index contributed by atoms with van der Waals surface area (Å²) >= 11 is 0. The van der Waals surface area contributed by atoms with Crippen LogP contribution in [0, 0.1) is 5.92 Å². The van der Waals surface area contributed by atoms with E-state index < -0.39 is 0 Å². The van der Waals surface area contributed by atoms with Crippen molar-refractivity contribution >= 4 is 5.91 Å². The van der Waals surface area contributed by atoms with E-state index in [4.69, 9.17) is 5.11 Å². The molecule has 0 spiro atoms. The lowest BCUT2D eigenvalue weighted by atomic mass is 9.97. The van der Waals surface area contributed by atoms with E-state index in [2.05, 4.69) is 14.9 Å².